The molecule has 0 fully saturated rings. The first-order valence-electron chi connectivity index (χ1n) is 4.78. The SMILES string of the molecule is C=CCc1ccccc1OC(F)(F)C(=O)NN. The van der Waals surface area contributed by atoms with E-state index in [1.54, 1.807) is 18.2 Å². The van der Waals surface area contributed by atoms with E-state index in [0.29, 0.717) is 12.0 Å². The summed E-state index contributed by atoms with van der Waals surface area (Å²) in [6.07, 6.45) is -2.11. The van der Waals surface area contributed by atoms with Crippen molar-refractivity contribution >= 4 is 5.91 Å². The number of hydrazine groups is 1. The number of nitrogens with two attached hydrogens (primary N) is 1. The van der Waals surface area contributed by atoms with Crippen LogP contribution < -0.4 is 16.0 Å². The summed E-state index contributed by atoms with van der Waals surface area (Å²) < 4.78 is 30.7. The van der Waals surface area contributed by atoms with Crippen molar-refractivity contribution in [3.05, 3.63) is 42.5 Å². The molecule has 1 amide bonds. The van der Waals surface area contributed by atoms with Crippen LogP contribution in [0, 0.1) is 0 Å². The van der Waals surface area contributed by atoms with Crippen LogP contribution in [0.1, 0.15) is 5.56 Å². The van der Waals surface area contributed by atoms with Crippen molar-refractivity contribution in [1.29, 1.82) is 0 Å². The molecule has 92 valence electrons. The number of carbonyl (C=O) groups is 1. The van der Waals surface area contributed by atoms with Gasteiger partial charge in [-0.2, -0.15) is 8.78 Å². The minimum absolute atomic E-state index is 0.0824. The van der Waals surface area contributed by atoms with Crippen LogP contribution in [0.2, 0.25) is 0 Å². The number of alkyl halides is 2. The highest BCUT2D eigenvalue weighted by Gasteiger charge is 2.42. The summed E-state index contributed by atoms with van der Waals surface area (Å²) in [5, 5.41) is 0. The molecule has 0 spiro atoms. The number of amides is 1. The highest BCUT2D eigenvalue weighted by Crippen LogP contribution is 2.25. The van der Waals surface area contributed by atoms with Crippen molar-refractivity contribution in [1.82, 2.24) is 5.43 Å². The molecule has 0 atom stereocenters. The number of hydrogen-bond acceptors (Lipinski definition) is 3. The Kier molecular flexibility index (Phi) is 4.17. The molecule has 0 bridgehead atoms. The van der Waals surface area contributed by atoms with E-state index in [2.05, 4.69) is 17.2 Å². The van der Waals surface area contributed by atoms with Gasteiger partial charge in [-0.05, 0) is 18.1 Å². The third kappa shape index (κ3) is 3.25. The number of benzene rings is 1. The standard InChI is InChI=1S/C11H12F2N2O2/c1-2-5-8-6-3-4-7-9(8)17-11(12,13)10(16)15-14/h2-4,6-7H,1,5,14H2,(H,15,16). The number of hydrogen-bond donors (Lipinski definition) is 2. The van der Waals surface area contributed by atoms with E-state index < -0.39 is 12.0 Å². The smallest absolute Gasteiger partial charge is 0.425 e. The zero-order valence-corrected chi connectivity index (χ0v) is 8.95. The maximum atomic E-state index is 13.2. The Labute approximate surface area is 97.0 Å². The first-order valence-corrected chi connectivity index (χ1v) is 4.78. The molecule has 3 N–H and O–H groups in total. The van der Waals surface area contributed by atoms with Crippen molar-refractivity contribution < 1.29 is 18.3 Å². The van der Waals surface area contributed by atoms with E-state index in [1.165, 1.54) is 17.6 Å². The van der Waals surface area contributed by atoms with E-state index in [1.807, 2.05) is 0 Å². The minimum Gasteiger partial charge on any atom is -0.425 e. The van der Waals surface area contributed by atoms with E-state index in [0.717, 1.165) is 0 Å². The van der Waals surface area contributed by atoms with Crippen LogP contribution in [0.3, 0.4) is 0 Å². The van der Waals surface area contributed by atoms with Crippen LogP contribution in [-0.4, -0.2) is 12.0 Å². The van der Waals surface area contributed by atoms with Gasteiger partial charge in [0.25, 0.3) is 0 Å². The number of nitrogens with one attached hydrogen (secondary N) is 1. The summed E-state index contributed by atoms with van der Waals surface area (Å²) in [6.45, 7) is 3.50. The molecule has 6 heteroatoms. The highest BCUT2D eigenvalue weighted by molar-refractivity contribution is 5.81. The molecule has 0 saturated carbocycles. The van der Waals surface area contributed by atoms with Gasteiger partial charge in [0.05, 0.1) is 0 Å². The summed E-state index contributed by atoms with van der Waals surface area (Å²) in [5.74, 6) is 2.85. The molecule has 1 aromatic rings. The molecule has 0 aromatic heterocycles. The van der Waals surface area contributed by atoms with Gasteiger partial charge in [0.1, 0.15) is 5.75 Å². The Morgan fingerprint density at radius 3 is 2.76 bits per heavy atom. The molecule has 17 heavy (non-hydrogen) atoms. The van der Waals surface area contributed by atoms with Gasteiger partial charge in [-0.1, -0.05) is 24.3 Å². The van der Waals surface area contributed by atoms with Crippen molar-refractivity contribution in [2.75, 3.05) is 0 Å². The monoisotopic (exact) mass is 242 g/mol. The van der Waals surface area contributed by atoms with Gasteiger partial charge in [0.2, 0.25) is 0 Å². The molecule has 0 saturated heterocycles. The van der Waals surface area contributed by atoms with Crippen molar-refractivity contribution in [3.8, 4) is 5.75 Å². The van der Waals surface area contributed by atoms with Crippen LogP contribution in [0.15, 0.2) is 36.9 Å². The molecule has 0 heterocycles. The van der Waals surface area contributed by atoms with Crippen LogP contribution in [-0.2, 0) is 11.2 Å². The fourth-order valence-electron chi connectivity index (χ4n) is 1.20. The van der Waals surface area contributed by atoms with Crippen molar-refractivity contribution in [3.63, 3.8) is 0 Å². The van der Waals surface area contributed by atoms with Crippen LogP contribution >= 0.6 is 0 Å². The van der Waals surface area contributed by atoms with Gasteiger partial charge in [0.15, 0.2) is 0 Å². The zero-order chi connectivity index (χ0) is 12.9. The topological polar surface area (TPSA) is 64.3 Å². The second-order valence-corrected chi connectivity index (χ2v) is 3.19. The Bertz CT molecular complexity index is 422. The molecule has 1 rings (SSSR count). The van der Waals surface area contributed by atoms with Gasteiger partial charge >= 0.3 is 12.0 Å². The second kappa shape index (κ2) is 5.40. The fourth-order valence-corrected chi connectivity index (χ4v) is 1.20. The number of carbonyl (C=O) groups excluding carboxylic acids is 1. The van der Waals surface area contributed by atoms with Crippen LogP contribution in [0.25, 0.3) is 0 Å². The van der Waals surface area contributed by atoms with E-state index in [9.17, 15) is 13.6 Å². The molecule has 0 aliphatic heterocycles. The summed E-state index contributed by atoms with van der Waals surface area (Å²) in [6, 6.07) is 6.15. The number of para-hydroxylation sites is 1. The average molecular weight is 242 g/mol. The zero-order valence-electron chi connectivity index (χ0n) is 8.95. The van der Waals surface area contributed by atoms with Crippen molar-refractivity contribution in [2.24, 2.45) is 5.84 Å². The Morgan fingerprint density at radius 1 is 1.53 bits per heavy atom. The predicted molar refractivity (Wildman–Crippen MR) is 58.2 cm³/mol. The first-order chi connectivity index (χ1) is 8.01. The average Bonchev–Trinajstić information content (AvgIpc) is 2.30. The molecule has 0 unspecified atom stereocenters. The largest absolute Gasteiger partial charge is 0.483 e. The van der Waals surface area contributed by atoms with Gasteiger partial charge in [0, 0.05) is 0 Å². The Hall–Kier alpha value is -1.95. The normalized spacial score (nSPS) is 10.8. The highest BCUT2D eigenvalue weighted by atomic mass is 19.3. The first kappa shape index (κ1) is 13.1. The molecule has 1 aromatic carbocycles. The molecule has 0 aliphatic carbocycles. The summed E-state index contributed by atoms with van der Waals surface area (Å²) in [5.41, 5.74) is 1.85. The summed E-state index contributed by atoms with van der Waals surface area (Å²) >= 11 is 0. The Balaban J connectivity index is 2.94. The molecule has 0 radical (unpaired) electrons. The Morgan fingerprint density at radius 2 is 2.18 bits per heavy atom. The van der Waals surface area contributed by atoms with Gasteiger partial charge in [-0.15, -0.1) is 6.58 Å². The van der Waals surface area contributed by atoms with E-state index in [-0.39, 0.29) is 5.75 Å². The fraction of sp³-hybridized carbons (Fsp3) is 0.182. The lowest BCUT2D eigenvalue weighted by molar-refractivity contribution is -0.193. The van der Waals surface area contributed by atoms with Gasteiger partial charge in [-0.3, -0.25) is 10.2 Å². The van der Waals surface area contributed by atoms with Crippen LogP contribution in [0.4, 0.5) is 8.78 Å². The summed E-state index contributed by atoms with van der Waals surface area (Å²) in [7, 11) is 0. The lowest BCUT2D eigenvalue weighted by atomic mass is 10.1. The number of rotatable bonds is 5. The lowest BCUT2D eigenvalue weighted by Crippen LogP contribution is -2.47. The van der Waals surface area contributed by atoms with E-state index >= 15 is 0 Å². The molecule has 0 aliphatic rings. The van der Waals surface area contributed by atoms with E-state index in [4.69, 9.17) is 0 Å². The third-order valence-corrected chi connectivity index (χ3v) is 1.97. The van der Waals surface area contributed by atoms with Gasteiger partial charge in [-0.25, -0.2) is 5.84 Å². The van der Waals surface area contributed by atoms with Crippen molar-refractivity contribution in [2.45, 2.75) is 12.5 Å². The van der Waals surface area contributed by atoms with Crippen LogP contribution in [0.5, 0.6) is 5.75 Å². The number of ether oxygens (including phenoxy) is 1. The molecular weight excluding hydrogens is 230 g/mol. The quantitative estimate of drug-likeness (QED) is 0.355. The third-order valence-electron chi connectivity index (χ3n) is 1.97. The second-order valence-electron chi connectivity index (χ2n) is 3.19. The molecule has 4 nitrogen and oxygen atoms in total. The maximum absolute atomic E-state index is 13.2. The predicted octanol–water partition coefficient (Wildman–Crippen LogP) is 1.38. The minimum atomic E-state index is -4.01. The number of halogens is 2. The molecular formula is C11H12F2N2O2. The number of allylic oxidation sites excluding steroid dienone is 1. The maximum Gasteiger partial charge on any atom is 0.483 e. The summed E-state index contributed by atoms with van der Waals surface area (Å²) in [4.78, 5) is 10.8. The lowest BCUT2D eigenvalue weighted by Gasteiger charge is -2.17. The van der Waals surface area contributed by atoms with Gasteiger partial charge < -0.3 is 4.74 Å².